The van der Waals surface area contributed by atoms with E-state index in [0.29, 0.717) is 24.1 Å². The Morgan fingerprint density at radius 3 is 2.47 bits per heavy atom. The smallest absolute Gasteiger partial charge is 0.247 e. The molecular weight excluding hydrogens is 448 g/mol. The van der Waals surface area contributed by atoms with Crippen molar-refractivity contribution in [1.29, 1.82) is 0 Å². The molecule has 0 saturated carbocycles. The molecule has 0 aliphatic heterocycles. The van der Waals surface area contributed by atoms with Crippen molar-refractivity contribution in [2.45, 2.75) is 57.5 Å². The highest BCUT2D eigenvalue weighted by atomic mass is 32.2. The molecule has 9 heteroatoms. The van der Waals surface area contributed by atoms with Crippen molar-refractivity contribution in [3.05, 3.63) is 60.0 Å². The summed E-state index contributed by atoms with van der Waals surface area (Å²) in [5, 5.41) is 20.7. The molecule has 0 aliphatic rings. The fourth-order valence-electron chi connectivity index (χ4n) is 3.50. The number of rotatable bonds is 7. The van der Waals surface area contributed by atoms with Crippen LogP contribution in [0.2, 0.25) is 0 Å². The summed E-state index contributed by atoms with van der Waals surface area (Å²) in [5.74, 6) is 2.14. The molecule has 2 heterocycles. The Morgan fingerprint density at radius 2 is 1.79 bits per heavy atom. The van der Waals surface area contributed by atoms with E-state index in [1.165, 1.54) is 24.2 Å². The summed E-state index contributed by atoms with van der Waals surface area (Å²) in [6.45, 7) is 10.8. The third kappa shape index (κ3) is 5.36. The monoisotopic (exact) mass is 476 g/mol. The normalized spacial score (nSPS) is 11.6. The summed E-state index contributed by atoms with van der Waals surface area (Å²) in [4.78, 5) is 11.4. The number of carbonyl (C=O) groups excluding carboxylic acids is 1. The number of benzene rings is 2. The predicted molar refractivity (Wildman–Crippen MR) is 133 cm³/mol. The second-order valence-electron chi connectivity index (χ2n) is 8.93. The van der Waals surface area contributed by atoms with Gasteiger partial charge in [0.05, 0.1) is 5.75 Å². The van der Waals surface area contributed by atoms with Gasteiger partial charge >= 0.3 is 0 Å². The highest BCUT2D eigenvalue weighted by Crippen LogP contribution is 2.29. The molecule has 2 aromatic carbocycles. The Hall–Kier alpha value is -3.46. The van der Waals surface area contributed by atoms with Gasteiger partial charge in [0.2, 0.25) is 17.7 Å². The largest absolute Gasteiger partial charge is 0.420 e. The van der Waals surface area contributed by atoms with Crippen LogP contribution in [0.5, 0.6) is 0 Å². The average molecular weight is 477 g/mol. The van der Waals surface area contributed by atoms with E-state index in [1.54, 1.807) is 0 Å². The zero-order valence-electron chi connectivity index (χ0n) is 20.0. The van der Waals surface area contributed by atoms with Gasteiger partial charge in [0, 0.05) is 30.3 Å². The second kappa shape index (κ2) is 9.80. The van der Waals surface area contributed by atoms with Crippen molar-refractivity contribution in [2.75, 3.05) is 5.32 Å². The molecule has 0 atom stereocenters. The number of anilines is 1. The van der Waals surface area contributed by atoms with Gasteiger partial charge in [-0.25, -0.2) is 0 Å². The topological polar surface area (TPSA) is 98.7 Å². The van der Waals surface area contributed by atoms with Crippen molar-refractivity contribution in [1.82, 2.24) is 25.0 Å². The van der Waals surface area contributed by atoms with Crippen molar-refractivity contribution in [3.63, 3.8) is 0 Å². The van der Waals surface area contributed by atoms with Gasteiger partial charge in [-0.2, -0.15) is 0 Å². The molecule has 0 fully saturated rings. The summed E-state index contributed by atoms with van der Waals surface area (Å²) < 4.78 is 7.92. The summed E-state index contributed by atoms with van der Waals surface area (Å²) >= 11 is 1.49. The lowest BCUT2D eigenvalue weighted by Gasteiger charge is -2.18. The molecular formula is C25H28N6O2S. The van der Waals surface area contributed by atoms with Gasteiger partial charge in [0.15, 0.2) is 11.0 Å². The quantitative estimate of drug-likeness (QED) is 0.348. The van der Waals surface area contributed by atoms with E-state index >= 15 is 0 Å². The van der Waals surface area contributed by atoms with Crippen molar-refractivity contribution >= 4 is 23.4 Å². The first-order valence-corrected chi connectivity index (χ1v) is 12.1. The van der Waals surface area contributed by atoms with E-state index in [0.717, 1.165) is 27.8 Å². The molecule has 0 radical (unpaired) electrons. The Bertz CT molecular complexity index is 1290. The molecule has 4 rings (SSSR count). The molecule has 4 aromatic rings. The molecule has 0 unspecified atom stereocenters. The first-order chi connectivity index (χ1) is 16.2. The lowest BCUT2D eigenvalue weighted by atomic mass is 9.87. The van der Waals surface area contributed by atoms with Crippen LogP contribution in [0.4, 0.5) is 5.69 Å². The van der Waals surface area contributed by atoms with Crippen LogP contribution in [0, 0.1) is 0 Å². The number of amides is 1. The number of hydrogen-bond donors (Lipinski definition) is 1. The van der Waals surface area contributed by atoms with Crippen molar-refractivity contribution < 1.29 is 9.21 Å². The number of nitrogens with one attached hydrogen (secondary N) is 1. The lowest BCUT2D eigenvalue weighted by molar-refractivity contribution is -0.114. The summed E-state index contributed by atoms with van der Waals surface area (Å²) in [5.41, 5.74) is 3.85. The van der Waals surface area contributed by atoms with E-state index in [2.05, 4.69) is 58.6 Å². The maximum atomic E-state index is 11.4. The van der Waals surface area contributed by atoms with Crippen LogP contribution in [-0.4, -0.2) is 30.9 Å². The third-order valence-electron chi connectivity index (χ3n) is 5.26. The lowest BCUT2D eigenvalue weighted by Crippen LogP contribution is -2.10. The highest BCUT2D eigenvalue weighted by Gasteiger charge is 2.17. The molecule has 0 bridgehead atoms. The standard InChI is InChI=1S/C25H28N6O2S/c1-6-31-22(18-8-7-9-20(14-18)26-16(2)32)28-30-24(31)34-15-21-27-29-23(33-21)17-10-12-19(13-11-17)25(3,4)5/h7-14H,6,15H2,1-5H3,(H,26,32). The molecule has 2 aromatic heterocycles. The zero-order valence-corrected chi connectivity index (χ0v) is 20.8. The fourth-order valence-corrected chi connectivity index (χ4v) is 4.34. The minimum absolute atomic E-state index is 0.0918. The van der Waals surface area contributed by atoms with Gasteiger partial charge in [-0.15, -0.1) is 20.4 Å². The molecule has 8 nitrogen and oxygen atoms in total. The van der Waals surface area contributed by atoms with Gasteiger partial charge in [-0.3, -0.25) is 4.79 Å². The molecule has 0 saturated heterocycles. The van der Waals surface area contributed by atoms with Crippen molar-refractivity contribution in [2.24, 2.45) is 0 Å². The van der Waals surface area contributed by atoms with Gasteiger partial charge < -0.3 is 14.3 Å². The summed E-state index contributed by atoms with van der Waals surface area (Å²) in [6, 6.07) is 15.8. The number of hydrogen-bond acceptors (Lipinski definition) is 7. The Labute approximate surface area is 203 Å². The van der Waals surface area contributed by atoms with Crippen LogP contribution < -0.4 is 5.32 Å². The maximum Gasteiger partial charge on any atom is 0.247 e. The summed E-state index contributed by atoms with van der Waals surface area (Å²) in [7, 11) is 0. The van der Waals surface area contributed by atoms with E-state index in [-0.39, 0.29) is 11.3 Å². The van der Waals surface area contributed by atoms with Gasteiger partial charge in [0.25, 0.3) is 0 Å². The van der Waals surface area contributed by atoms with Gasteiger partial charge in [0.1, 0.15) is 0 Å². The molecule has 1 N–H and O–H groups in total. The number of nitrogens with zero attached hydrogens (tertiary/aromatic N) is 5. The third-order valence-corrected chi connectivity index (χ3v) is 6.22. The SMILES string of the molecule is CCn1c(SCc2nnc(-c3ccc(C(C)(C)C)cc3)o2)nnc1-c1cccc(NC(C)=O)c1. The number of aromatic nitrogens is 5. The first kappa shape index (κ1) is 23.7. The Kier molecular flexibility index (Phi) is 6.83. The van der Waals surface area contributed by atoms with Gasteiger partial charge in [-0.05, 0) is 42.2 Å². The highest BCUT2D eigenvalue weighted by molar-refractivity contribution is 7.98. The molecule has 1 amide bonds. The van der Waals surface area contributed by atoms with Crippen LogP contribution in [0.1, 0.15) is 46.1 Å². The van der Waals surface area contributed by atoms with Crippen molar-refractivity contribution in [3.8, 4) is 22.8 Å². The first-order valence-electron chi connectivity index (χ1n) is 11.1. The predicted octanol–water partition coefficient (Wildman–Crippen LogP) is 5.56. The number of thioether (sulfide) groups is 1. The Morgan fingerprint density at radius 1 is 1.03 bits per heavy atom. The average Bonchev–Trinajstić information content (AvgIpc) is 3.44. The second-order valence-corrected chi connectivity index (χ2v) is 9.87. The molecule has 0 spiro atoms. The molecule has 0 aliphatic carbocycles. The van der Waals surface area contributed by atoms with Gasteiger partial charge in [-0.1, -0.05) is 56.8 Å². The van der Waals surface area contributed by atoms with Crippen LogP contribution >= 0.6 is 11.8 Å². The van der Waals surface area contributed by atoms with E-state index in [4.69, 9.17) is 4.42 Å². The molecule has 34 heavy (non-hydrogen) atoms. The molecule has 176 valence electrons. The Balaban J connectivity index is 1.47. The van der Waals surface area contributed by atoms with E-state index < -0.39 is 0 Å². The van der Waals surface area contributed by atoms with Crippen LogP contribution in [0.25, 0.3) is 22.8 Å². The number of carbonyl (C=O) groups is 1. The van der Waals surface area contributed by atoms with Crippen LogP contribution in [0.15, 0.2) is 58.1 Å². The van der Waals surface area contributed by atoms with E-state index in [1.807, 2.05) is 47.9 Å². The van der Waals surface area contributed by atoms with E-state index in [9.17, 15) is 4.79 Å². The minimum atomic E-state index is -0.116. The van der Waals surface area contributed by atoms with Crippen LogP contribution in [0.3, 0.4) is 0 Å². The summed E-state index contributed by atoms with van der Waals surface area (Å²) in [6.07, 6.45) is 0. The van der Waals surface area contributed by atoms with Crippen LogP contribution in [-0.2, 0) is 22.5 Å². The zero-order chi connectivity index (χ0) is 24.3. The maximum absolute atomic E-state index is 11.4. The fraction of sp³-hybridized carbons (Fsp3) is 0.320. The minimum Gasteiger partial charge on any atom is -0.420 e.